The fraction of sp³-hybridized carbons (Fsp3) is 0.0476. The van der Waals surface area contributed by atoms with Gasteiger partial charge in [-0.25, -0.2) is 4.98 Å². The Balaban J connectivity index is 1.62. The van der Waals surface area contributed by atoms with E-state index in [0.717, 1.165) is 27.8 Å². The largest absolute Gasteiger partial charge is 0.438 e. The molecular formula is C21H17N3O. The summed E-state index contributed by atoms with van der Waals surface area (Å²) in [5, 5.41) is 5.42. The first-order valence-electron chi connectivity index (χ1n) is 8.11. The number of hydrogen-bond donors (Lipinski definition) is 1. The van der Waals surface area contributed by atoms with E-state index in [1.807, 2.05) is 61.5 Å². The van der Waals surface area contributed by atoms with Crippen LogP contribution < -0.4 is 10.1 Å². The summed E-state index contributed by atoms with van der Waals surface area (Å²) in [6.07, 6.45) is 1.69. The zero-order chi connectivity index (χ0) is 17.1. The van der Waals surface area contributed by atoms with Crippen molar-refractivity contribution < 1.29 is 4.74 Å². The molecule has 3 aromatic carbocycles. The van der Waals surface area contributed by atoms with Gasteiger partial charge < -0.3 is 10.1 Å². The summed E-state index contributed by atoms with van der Waals surface area (Å²) in [5.74, 6) is 1.79. The van der Waals surface area contributed by atoms with Crippen molar-refractivity contribution in [3.63, 3.8) is 0 Å². The van der Waals surface area contributed by atoms with Gasteiger partial charge in [0.05, 0.1) is 0 Å². The Bertz CT molecular complexity index is 1020. The lowest BCUT2D eigenvalue weighted by Crippen LogP contribution is -1.99. The molecule has 4 heteroatoms. The van der Waals surface area contributed by atoms with Gasteiger partial charge in [0.2, 0.25) is 11.8 Å². The van der Waals surface area contributed by atoms with E-state index in [1.165, 1.54) is 0 Å². The molecule has 4 aromatic rings. The molecule has 1 N–H and O–H groups in total. The average Bonchev–Trinajstić information content (AvgIpc) is 2.64. The summed E-state index contributed by atoms with van der Waals surface area (Å²) in [4.78, 5) is 8.74. The highest BCUT2D eigenvalue weighted by molar-refractivity contribution is 5.88. The average molecular weight is 327 g/mol. The van der Waals surface area contributed by atoms with Crippen molar-refractivity contribution in [2.45, 2.75) is 6.92 Å². The molecule has 0 saturated carbocycles. The Labute approximate surface area is 146 Å². The molecule has 0 radical (unpaired) electrons. The monoisotopic (exact) mass is 327 g/mol. The first-order valence-corrected chi connectivity index (χ1v) is 8.11. The summed E-state index contributed by atoms with van der Waals surface area (Å²) >= 11 is 0. The second-order valence-electron chi connectivity index (χ2n) is 5.74. The summed E-state index contributed by atoms with van der Waals surface area (Å²) in [6, 6.07) is 23.9. The van der Waals surface area contributed by atoms with E-state index in [1.54, 1.807) is 12.3 Å². The zero-order valence-electron chi connectivity index (χ0n) is 13.8. The highest BCUT2D eigenvalue weighted by atomic mass is 16.5. The molecule has 0 unspecified atom stereocenters. The van der Waals surface area contributed by atoms with Crippen LogP contribution >= 0.6 is 0 Å². The predicted octanol–water partition coefficient (Wildman–Crippen LogP) is 5.47. The molecule has 0 aliphatic carbocycles. The Morgan fingerprint density at radius 2 is 1.64 bits per heavy atom. The second kappa shape index (κ2) is 6.61. The summed E-state index contributed by atoms with van der Waals surface area (Å²) < 4.78 is 6.01. The minimum Gasteiger partial charge on any atom is -0.438 e. The third kappa shape index (κ3) is 3.28. The van der Waals surface area contributed by atoms with Crippen LogP contribution in [0.25, 0.3) is 10.8 Å². The lowest BCUT2D eigenvalue weighted by molar-refractivity contribution is 0.468. The Kier molecular flexibility index (Phi) is 4.01. The van der Waals surface area contributed by atoms with Crippen LogP contribution in [0.15, 0.2) is 79.0 Å². The molecule has 0 bridgehead atoms. The van der Waals surface area contributed by atoms with Crippen molar-refractivity contribution in [2.75, 3.05) is 5.32 Å². The number of aryl methyl sites for hydroxylation is 1. The second-order valence-corrected chi connectivity index (χ2v) is 5.74. The maximum absolute atomic E-state index is 6.01. The van der Waals surface area contributed by atoms with E-state index in [0.29, 0.717) is 11.8 Å². The number of rotatable bonds is 4. The summed E-state index contributed by atoms with van der Waals surface area (Å²) in [6.45, 7) is 2.04. The topological polar surface area (TPSA) is 47.0 Å². The Morgan fingerprint density at radius 1 is 0.840 bits per heavy atom. The smallest absolute Gasteiger partial charge is 0.230 e. The van der Waals surface area contributed by atoms with E-state index in [4.69, 9.17) is 4.74 Å². The molecule has 0 amide bonds. The summed E-state index contributed by atoms with van der Waals surface area (Å²) in [5.41, 5.74) is 2.11. The quantitative estimate of drug-likeness (QED) is 0.539. The van der Waals surface area contributed by atoms with Gasteiger partial charge in [-0.1, -0.05) is 54.6 Å². The highest BCUT2D eigenvalue weighted by Crippen LogP contribution is 2.29. The number of benzene rings is 3. The van der Waals surface area contributed by atoms with Crippen LogP contribution in [0, 0.1) is 6.92 Å². The lowest BCUT2D eigenvalue weighted by atomic mass is 10.1. The number of para-hydroxylation sites is 1. The molecule has 1 heterocycles. The van der Waals surface area contributed by atoms with E-state index >= 15 is 0 Å². The minimum atomic E-state index is 0.502. The van der Waals surface area contributed by atoms with Gasteiger partial charge in [0, 0.05) is 23.3 Å². The number of fused-ring (bicyclic) bond motifs is 1. The van der Waals surface area contributed by atoms with Gasteiger partial charge in [-0.05, 0) is 30.0 Å². The number of nitrogens with zero attached hydrogens (tertiary/aromatic N) is 2. The SMILES string of the molecule is Cc1ccccc1Nc1nccc(Oc2cccc3ccccc23)n1. The highest BCUT2D eigenvalue weighted by Gasteiger charge is 2.06. The van der Waals surface area contributed by atoms with E-state index < -0.39 is 0 Å². The van der Waals surface area contributed by atoms with E-state index in [-0.39, 0.29) is 0 Å². The number of nitrogens with one attached hydrogen (secondary N) is 1. The van der Waals surface area contributed by atoms with Crippen molar-refractivity contribution in [2.24, 2.45) is 0 Å². The number of anilines is 2. The molecular weight excluding hydrogens is 310 g/mol. The maximum atomic E-state index is 6.01. The van der Waals surface area contributed by atoms with Crippen molar-refractivity contribution in [3.05, 3.63) is 84.6 Å². The maximum Gasteiger partial charge on any atom is 0.230 e. The van der Waals surface area contributed by atoms with Crippen LogP contribution in [0.2, 0.25) is 0 Å². The van der Waals surface area contributed by atoms with Crippen molar-refractivity contribution >= 4 is 22.4 Å². The van der Waals surface area contributed by atoms with Crippen LogP contribution in [0.3, 0.4) is 0 Å². The van der Waals surface area contributed by atoms with Gasteiger partial charge in [-0.2, -0.15) is 4.98 Å². The molecule has 0 spiro atoms. The van der Waals surface area contributed by atoms with Crippen molar-refractivity contribution in [3.8, 4) is 11.6 Å². The molecule has 122 valence electrons. The molecule has 0 aliphatic rings. The van der Waals surface area contributed by atoms with Crippen molar-refractivity contribution in [1.82, 2.24) is 9.97 Å². The van der Waals surface area contributed by atoms with Crippen LogP contribution in [0.1, 0.15) is 5.56 Å². The zero-order valence-corrected chi connectivity index (χ0v) is 13.8. The fourth-order valence-corrected chi connectivity index (χ4v) is 2.69. The van der Waals surface area contributed by atoms with Crippen LogP contribution in [-0.2, 0) is 0 Å². The molecule has 25 heavy (non-hydrogen) atoms. The van der Waals surface area contributed by atoms with Gasteiger partial charge in [0.1, 0.15) is 5.75 Å². The number of ether oxygens (including phenoxy) is 1. The van der Waals surface area contributed by atoms with Gasteiger partial charge in [-0.3, -0.25) is 0 Å². The van der Waals surface area contributed by atoms with E-state index in [9.17, 15) is 0 Å². The third-order valence-corrected chi connectivity index (χ3v) is 3.99. The van der Waals surface area contributed by atoms with Gasteiger partial charge >= 0.3 is 0 Å². The minimum absolute atomic E-state index is 0.502. The molecule has 4 nitrogen and oxygen atoms in total. The Hall–Kier alpha value is -3.40. The molecule has 4 rings (SSSR count). The van der Waals surface area contributed by atoms with Crippen molar-refractivity contribution in [1.29, 1.82) is 0 Å². The third-order valence-electron chi connectivity index (χ3n) is 3.99. The first kappa shape index (κ1) is 15.1. The van der Waals surface area contributed by atoms with Crippen LogP contribution in [0.4, 0.5) is 11.6 Å². The fourth-order valence-electron chi connectivity index (χ4n) is 2.69. The Morgan fingerprint density at radius 3 is 2.56 bits per heavy atom. The molecule has 0 atom stereocenters. The summed E-state index contributed by atoms with van der Waals surface area (Å²) in [7, 11) is 0. The van der Waals surface area contributed by atoms with E-state index in [2.05, 4.69) is 27.4 Å². The van der Waals surface area contributed by atoms with Crippen LogP contribution in [0.5, 0.6) is 11.6 Å². The standard InChI is InChI=1S/C21H17N3O/c1-15-7-2-5-11-18(15)23-21-22-14-13-20(24-21)25-19-12-6-9-16-8-3-4-10-17(16)19/h2-14H,1H3,(H,22,23,24). The molecule has 0 fully saturated rings. The van der Waals surface area contributed by atoms with Crippen LogP contribution in [-0.4, -0.2) is 9.97 Å². The van der Waals surface area contributed by atoms with Gasteiger partial charge in [-0.15, -0.1) is 0 Å². The molecule has 0 saturated heterocycles. The molecule has 0 aliphatic heterocycles. The lowest BCUT2D eigenvalue weighted by Gasteiger charge is -2.10. The number of hydrogen-bond acceptors (Lipinski definition) is 4. The number of aromatic nitrogens is 2. The van der Waals surface area contributed by atoms with Gasteiger partial charge in [0.25, 0.3) is 0 Å². The predicted molar refractivity (Wildman–Crippen MR) is 101 cm³/mol. The van der Waals surface area contributed by atoms with Gasteiger partial charge in [0.15, 0.2) is 0 Å². The normalized spacial score (nSPS) is 10.6. The first-order chi connectivity index (χ1) is 12.3. The molecule has 1 aromatic heterocycles.